The highest BCUT2D eigenvalue weighted by atomic mass is 16.6. The Kier molecular flexibility index (Phi) is 6.05. The van der Waals surface area contributed by atoms with Gasteiger partial charge in [0.15, 0.2) is 5.69 Å². The van der Waals surface area contributed by atoms with Crippen molar-refractivity contribution in [1.82, 2.24) is 20.4 Å². The number of aliphatic hydroxyl groups excluding tert-OH is 1. The van der Waals surface area contributed by atoms with E-state index < -0.39 is 5.60 Å². The molecule has 2 amide bonds. The van der Waals surface area contributed by atoms with Gasteiger partial charge in [-0.05, 0) is 33.1 Å². The lowest BCUT2D eigenvalue weighted by Gasteiger charge is -2.30. The van der Waals surface area contributed by atoms with Gasteiger partial charge in [-0.1, -0.05) is 6.92 Å². The Hall–Kier alpha value is -2.09. The summed E-state index contributed by atoms with van der Waals surface area (Å²) in [5.41, 5.74) is 1.38. The number of nitrogens with one attached hydrogen (secondary N) is 2. The number of rotatable bonds is 5. The summed E-state index contributed by atoms with van der Waals surface area (Å²) in [7, 11) is 0. The summed E-state index contributed by atoms with van der Waals surface area (Å²) in [4.78, 5) is 26.3. The fourth-order valence-corrected chi connectivity index (χ4v) is 2.64. The van der Waals surface area contributed by atoms with Gasteiger partial charge in [-0.15, -0.1) is 0 Å². The van der Waals surface area contributed by atoms with Crippen LogP contribution >= 0.6 is 0 Å². The fraction of sp³-hybridized carbons (Fsp3) is 0.706. The van der Waals surface area contributed by atoms with Crippen LogP contribution in [0.25, 0.3) is 0 Å². The van der Waals surface area contributed by atoms with Crippen molar-refractivity contribution in [2.45, 2.75) is 52.7 Å². The molecule has 8 heteroatoms. The van der Waals surface area contributed by atoms with Crippen molar-refractivity contribution >= 4 is 12.0 Å². The molecule has 0 saturated carbocycles. The lowest BCUT2D eigenvalue weighted by molar-refractivity contribution is 0.0222. The van der Waals surface area contributed by atoms with Gasteiger partial charge >= 0.3 is 6.09 Å². The number of aliphatic hydroxyl groups is 1. The summed E-state index contributed by atoms with van der Waals surface area (Å²) in [5.74, 6) is -0.0877. The molecular formula is C17H28N4O4. The van der Waals surface area contributed by atoms with E-state index in [0.717, 1.165) is 11.3 Å². The van der Waals surface area contributed by atoms with E-state index in [4.69, 9.17) is 9.84 Å². The summed E-state index contributed by atoms with van der Waals surface area (Å²) in [6, 6.07) is 0. The molecule has 0 aliphatic carbocycles. The molecule has 0 radical (unpaired) electrons. The maximum atomic E-state index is 12.4. The average molecular weight is 352 g/mol. The summed E-state index contributed by atoms with van der Waals surface area (Å²) < 4.78 is 5.41. The van der Waals surface area contributed by atoms with Crippen LogP contribution in [0.5, 0.6) is 0 Å². The second kappa shape index (κ2) is 7.86. The minimum atomic E-state index is -0.559. The van der Waals surface area contributed by atoms with Gasteiger partial charge < -0.3 is 20.1 Å². The molecule has 0 spiro atoms. The van der Waals surface area contributed by atoms with Crippen molar-refractivity contribution < 1.29 is 19.4 Å². The Balaban J connectivity index is 2.03. The molecule has 1 aliphatic heterocycles. The van der Waals surface area contributed by atoms with Gasteiger partial charge in [-0.3, -0.25) is 9.89 Å². The first-order valence-electron chi connectivity index (χ1n) is 8.64. The van der Waals surface area contributed by atoms with E-state index in [1.807, 2.05) is 27.7 Å². The number of ether oxygens (including phenoxy) is 1. The Morgan fingerprint density at radius 3 is 2.80 bits per heavy atom. The highest BCUT2D eigenvalue weighted by molar-refractivity contribution is 5.94. The van der Waals surface area contributed by atoms with Gasteiger partial charge in [0.05, 0.1) is 6.54 Å². The van der Waals surface area contributed by atoms with E-state index in [2.05, 4.69) is 15.5 Å². The van der Waals surface area contributed by atoms with E-state index in [1.54, 1.807) is 4.90 Å². The highest BCUT2D eigenvalue weighted by Crippen LogP contribution is 2.22. The summed E-state index contributed by atoms with van der Waals surface area (Å²) in [6.07, 6.45) is 0.850. The second-order valence-corrected chi connectivity index (χ2v) is 7.51. The molecule has 0 fully saturated rings. The van der Waals surface area contributed by atoms with Crippen LogP contribution in [0.3, 0.4) is 0 Å². The van der Waals surface area contributed by atoms with Crippen molar-refractivity contribution in [2.24, 2.45) is 5.92 Å². The number of fused-ring (bicyclic) bond motifs is 1. The van der Waals surface area contributed by atoms with Gasteiger partial charge in [0.25, 0.3) is 5.91 Å². The van der Waals surface area contributed by atoms with Crippen molar-refractivity contribution in [1.29, 1.82) is 0 Å². The first kappa shape index (κ1) is 19.2. The molecular weight excluding hydrogens is 324 g/mol. The Morgan fingerprint density at radius 2 is 2.16 bits per heavy atom. The van der Waals surface area contributed by atoms with Crippen molar-refractivity contribution in [3.8, 4) is 0 Å². The number of hydrogen-bond donors (Lipinski definition) is 3. The molecule has 8 nitrogen and oxygen atoms in total. The van der Waals surface area contributed by atoms with Crippen LogP contribution in [0, 0.1) is 5.92 Å². The highest BCUT2D eigenvalue weighted by Gasteiger charge is 2.30. The lowest BCUT2D eigenvalue weighted by atomic mass is 10.0. The summed E-state index contributed by atoms with van der Waals surface area (Å²) in [5, 5.41) is 18.8. The molecule has 140 valence electrons. The number of H-pyrrole nitrogens is 1. The number of aromatic amines is 1. The quantitative estimate of drug-likeness (QED) is 0.743. The third kappa shape index (κ3) is 5.19. The van der Waals surface area contributed by atoms with Crippen LogP contribution in [0.4, 0.5) is 4.79 Å². The van der Waals surface area contributed by atoms with E-state index in [0.29, 0.717) is 38.2 Å². The average Bonchev–Trinajstić information content (AvgIpc) is 2.94. The zero-order valence-corrected chi connectivity index (χ0v) is 15.4. The number of hydrogen-bond acceptors (Lipinski definition) is 5. The summed E-state index contributed by atoms with van der Waals surface area (Å²) >= 11 is 0. The number of carbonyl (C=O) groups is 2. The second-order valence-electron chi connectivity index (χ2n) is 7.51. The maximum absolute atomic E-state index is 12.4. The van der Waals surface area contributed by atoms with Crippen LogP contribution in [0.15, 0.2) is 0 Å². The SMILES string of the molecule is CC(CCO)CNC(=O)c1n[nH]c2c1CN(C(=O)OC(C)(C)C)CC2. The van der Waals surface area contributed by atoms with Gasteiger partial charge in [0, 0.05) is 37.4 Å². The Labute approximate surface area is 147 Å². The van der Waals surface area contributed by atoms with Gasteiger partial charge in [-0.2, -0.15) is 5.10 Å². The minimum absolute atomic E-state index is 0.0969. The number of carbonyl (C=O) groups excluding carboxylic acids is 2. The van der Waals surface area contributed by atoms with Crippen LogP contribution in [-0.4, -0.2) is 57.5 Å². The van der Waals surface area contributed by atoms with Crippen LogP contribution in [0.1, 0.15) is 55.9 Å². The van der Waals surface area contributed by atoms with E-state index in [1.165, 1.54) is 0 Å². The smallest absolute Gasteiger partial charge is 0.410 e. The third-order valence-electron chi connectivity index (χ3n) is 4.03. The van der Waals surface area contributed by atoms with E-state index >= 15 is 0 Å². The van der Waals surface area contributed by atoms with Crippen molar-refractivity contribution in [3.63, 3.8) is 0 Å². The first-order chi connectivity index (χ1) is 11.7. The molecule has 1 unspecified atom stereocenters. The minimum Gasteiger partial charge on any atom is -0.444 e. The van der Waals surface area contributed by atoms with Crippen LogP contribution in [-0.2, 0) is 17.7 Å². The molecule has 0 aromatic carbocycles. The molecule has 25 heavy (non-hydrogen) atoms. The standard InChI is InChI=1S/C17H28N4O4/c1-11(6-8-22)9-18-15(23)14-12-10-21(7-5-13(12)19-20-14)16(24)25-17(2,3)4/h11,22H,5-10H2,1-4H3,(H,18,23)(H,19,20). The molecule has 1 aromatic heterocycles. The predicted octanol–water partition coefficient (Wildman–Crippen LogP) is 1.45. The first-order valence-corrected chi connectivity index (χ1v) is 8.64. The molecule has 3 N–H and O–H groups in total. The molecule has 1 atom stereocenters. The summed E-state index contributed by atoms with van der Waals surface area (Å²) in [6.45, 7) is 8.82. The van der Waals surface area contributed by atoms with Crippen LogP contribution < -0.4 is 5.32 Å². The largest absolute Gasteiger partial charge is 0.444 e. The number of amides is 2. The third-order valence-corrected chi connectivity index (χ3v) is 4.03. The monoisotopic (exact) mass is 352 g/mol. The normalized spacial score (nSPS) is 15.5. The lowest BCUT2D eigenvalue weighted by Crippen LogP contribution is -2.40. The van der Waals surface area contributed by atoms with E-state index in [-0.39, 0.29) is 24.5 Å². The topological polar surface area (TPSA) is 108 Å². The molecule has 0 saturated heterocycles. The van der Waals surface area contributed by atoms with Gasteiger partial charge in [0.2, 0.25) is 0 Å². The zero-order chi connectivity index (χ0) is 18.6. The van der Waals surface area contributed by atoms with Gasteiger partial charge in [0.1, 0.15) is 5.60 Å². The zero-order valence-electron chi connectivity index (χ0n) is 15.4. The Morgan fingerprint density at radius 1 is 1.44 bits per heavy atom. The number of nitrogens with zero attached hydrogens (tertiary/aromatic N) is 2. The van der Waals surface area contributed by atoms with Crippen LogP contribution in [0.2, 0.25) is 0 Å². The molecule has 2 heterocycles. The molecule has 1 aromatic rings. The maximum Gasteiger partial charge on any atom is 0.410 e. The Bertz CT molecular complexity index is 621. The van der Waals surface area contributed by atoms with Crippen molar-refractivity contribution in [2.75, 3.05) is 19.7 Å². The van der Waals surface area contributed by atoms with Gasteiger partial charge in [-0.25, -0.2) is 4.79 Å². The molecule has 2 rings (SSSR count). The number of aromatic nitrogens is 2. The van der Waals surface area contributed by atoms with Crippen molar-refractivity contribution in [3.05, 3.63) is 17.0 Å². The fourth-order valence-electron chi connectivity index (χ4n) is 2.64. The van der Waals surface area contributed by atoms with E-state index in [9.17, 15) is 9.59 Å². The predicted molar refractivity (Wildman–Crippen MR) is 92.1 cm³/mol. The molecule has 0 bridgehead atoms. The molecule has 1 aliphatic rings.